The highest BCUT2D eigenvalue weighted by Crippen LogP contribution is 2.49. The fraction of sp³-hybridized carbons (Fsp3) is 0.429. The van der Waals surface area contributed by atoms with E-state index in [4.69, 9.17) is 0 Å². The van der Waals surface area contributed by atoms with E-state index in [0.717, 1.165) is 44.3 Å². The number of carbonyl (C=O) groups excluding carboxylic acids is 1. The van der Waals surface area contributed by atoms with Gasteiger partial charge in [0.2, 0.25) is 5.91 Å². The maximum atomic E-state index is 13.2. The summed E-state index contributed by atoms with van der Waals surface area (Å²) >= 11 is 0. The zero-order chi connectivity index (χ0) is 17.3. The van der Waals surface area contributed by atoms with Gasteiger partial charge in [-0.3, -0.25) is 9.78 Å². The number of para-hydroxylation sites is 1. The van der Waals surface area contributed by atoms with Crippen molar-refractivity contribution in [2.24, 2.45) is 0 Å². The number of anilines is 1. The molecule has 0 bridgehead atoms. The average Bonchev–Trinajstić information content (AvgIpc) is 3.50. The fourth-order valence-electron chi connectivity index (χ4n) is 4.04. The lowest BCUT2D eigenvalue weighted by Crippen LogP contribution is -2.51. The normalized spacial score (nSPS) is 21.6. The standard InChI is InChI=1S/C21H25N3O/c1-23(20(25)21(11-12-21)17-7-5-13-22-15-17)19-10-6-14-24(16-19)18-8-3-2-4-9-18/h2-5,7-9,13,15,19H,6,10-12,14,16H2,1H3. The molecule has 130 valence electrons. The number of aromatic nitrogens is 1. The third kappa shape index (κ3) is 3.01. The van der Waals surface area contributed by atoms with Crippen LogP contribution in [0.2, 0.25) is 0 Å². The highest BCUT2D eigenvalue weighted by atomic mass is 16.2. The van der Waals surface area contributed by atoms with Gasteiger partial charge in [-0.15, -0.1) is 0 Å². The van der Waals surface area contributed by atoms with E-state index in [9.17, 15) is 4.79 Å². The van der Waals surface area contributed by atoms with Crippen LogP contribution in [0.1, 0.15) is 31.2 Å². The molecular weight excluding hydrogens is 310 g/mol. The number of nitrogens with zero attached hydrogens (tertiary/aromatic N) is 3. The number of carbonyl (C=O) groups is 1. The first kappa shape index (κ1) is 16.1. The second-order valence-corrected chi connectivity index (χ2v) is 7.32. The van der Waals surface area contributed by atoms with Gasteiger partial charge in [-0.2, -0.15) is 0 Å². The Kier molecular flexibility index (Phi) is 4.20. The van der Waals surface area contributed by atoms with Crippen molar-refractivity contribution in [2.45, 2.75) is 37.1 Å². The molecule has 0 N–H and O–H groups in total. The van der Waals surface area contributed by atoms with Gasteiger partial charge >= 0.3 is 0 Å². The summed E-state index contributed by atoms with van der Waals surface area (Å²) in [6, 6.07) is 14.8. The molecule has 1 amide bonds. The Hall–Kier alpha value is -2.36. The molecule has 1 aliphatic heterocycles. The first-order valence-electron chi connectivity index (χ1n) is 9.18. The van der Waals surface area contributed by atoms with Crippen LogP contribution in [0.4, 0.5) is 5.69 Å². The number of amides is 1. The Morgan fingerprint density at radius 1 is 1.20 bits per heavy atom. The van der Waals surface area contributed by atoms with Crippen molar-refractivity contribution in [2.75, 3.05) is 25.0 Å². The lowest BCUT2D eigenvalue weighted by Gasteiger charge is -2.40. The minimum absolute atomic E-state index is 0.264. The van der Waals surface area contributed by atoms with Gasteiger partial charge in [-0.05, 0) is 49.4 Å². The van der Waals surface area contributed by atoms with Crippen LogP contribution in [-0.2, 0) is 10.2 Å². The van der Waals surface area contributed by atoms with Gasteiger partial charge in [0, 0.05) is 44.3 Å². The average molecular weight is 335 g/mol. The topological polar surface area (TPSA) is 36.4 Å². The molecule has 4 nitrogen and oxygen atoms in total. The summed E-state index contributed by atoms with van der Waals surface area (Å²) in [5.41, 5.74) is 2.00. The molecule has 1 saturated heterocycles. The predicted molar refractivity (Wildman–Crippen MR) is 99.6 cm³/mol. The SMILES string of the molecule is CN(C(=O)C1(c2cccnc2)CC1)C1CCCN(c2ccccc2)C1. The zero-order valence-corrected chi connectivity index (χ0v) is 14.8. The predicted octanol–water partition coefficient (Wildman–Crippen LogP) is 3.24. The number of pyridine rings is 1. The van der Waals surface area contributed by atoms with Gasteiger partial charge in [0.1, 0.15) is 0 Å². The van der Waals surface area contributed by atoms with Crippen molar-refractivity contribution in [1.29, 1.82) is 0 Å². The van der Waals surface area contributed by atoms with Crippen LogP contribution < -0.4 is 4.90 Å². The lowest BCUT2D eigenvalue weighted by atomic mass is 9.94. The van der Waals surface area contributed by atoms with Gasteiger partial charge < -0.3 is 9.80 Å². The summed E-state index contributed by atoms with van der Waals surface area (Å²) < 4.78 is 0. The monoisotopic (exact) mass is 335 g/mol. The molecule has 1 aromatic carbocycles. The third-order valence-electron chi connectivity index (χ3n) is 5.76. The molecule has 0 spiro atoms. The molecule has 2 heterocycles. The minimum atomic E-state index is -0.321. The molecule has 1 unspecified atom stereocenters. The van der Waals surface area contributed by atoms with Crippen LogP contribution >= 0.6 is 0 Å². The highest BCUT2D eigenvalue weighted by molar-refractivity contribution is 5.91. The second kappa shape index (κ2) is 6.51. The van der Waals surface area contributed by atoms with E-state index in [2.05, 4.69) is 34.1 Å². The number of benzene rings is 1. The molecule has 1 aliphatic carbocycles. The Morgan fingerprint density at radius 3 is 2.68 bits per heavy atom. The van der Waals surface area contributed by atoms with Crippen molar-refractivity contribution in [3.8, 4) is 0 Å². The van der Waals surface area contributed by atoms with E-state index >= 15 is 0 Å². The van der Waals surface area contributed by atoms with Crippen molar-refractivity contribution in [3.63, 3.8) is 0 Å². The van der Waals surface area contributed by atoms with Gasteiger partial charge in [-0.1, -0.05) is 24.3 Å². The second-order valence-electron chi connectivity index (χ2n) is 7.32. The van der Waals surface area contributed by atoms with E-state index in [1.807, 2.05) is 36.3 Å². The van der Waals surface area contributed by atoms with E-state index in [1.165, 1.54) is 5.69 Å². The van der Waals surface area contributed by atoms with Crippen LogP contribution in [0.15, 0.2) is 54.9 Å². The third-order valence-corrected chi connectivity index (χ3v) is 5.76. The smallest absolute Gasteiger partial charge is 0.233 e. The molecule has 1 aromatic heterocycles. The summed E-state index contributed by atoms with van der Waals surface area (Å²) in [5.74, 6) is 0.264. The molecule has 2 aromatic rings. The fourth-order valence-corrected chi connectivity index (χ4v) is 4.04. The van der Waals surface area contributed by atoms with Crippen LogP contribution in [0, 0.1) is 0 Å². The van der Waals surface area contributed by atoms with Gasteiger partial charge in [0.25, 0.3) is 0 Å². The molecule has 0 radical (unpaired) electrons. The summed E-state index contributed by atoms with van der Waals surface area (Å²) in [6.07, 6.45) is 7.71. The maximum Gasteiger partial charge on any atom is 0.233 e. The van der Waals surface area contributed by atoms with Gasteiger partial charge in [0.05, 0.1) is 5.41 Å². The number of rotatable bonds is 4. The van der Waals surface area contributed by atoms with E-state index in [1.54, 1.807) is 6.20 Å². The van der Waals surface area contributed by atoms with Crippen LogP contribution in [-0.4, -0.2) is 42.0 Å². The van der Waals surface area contributed by atoms with Crippen LogP contribution in [0.5, 0.6) is 0 Å². The van der Waals surface area contributed by atoms with E-state index < -0.39 is 0 Å². The number of hydrogen-bond donors (Lipinski definition) is 0. The summed E-state index contributed by atoms with van der Waals surface area (Å²) in [5, 5.41) is 0. The minimum Gasteiger partial charge on any atom is -0.369 e. The van der Waals surface area contributed by atoms with Crippen LogP contribution in [0.25, 0.3) is 0 Å². The Labute approximate surface area is 149 Å². The van der Waals surface area contributed by atoms with Gasteiger partial charge in [0.15, 0.2) is 0 Å². The molecular formula is C21H25N3O. The van der Waals surface area contributed by atoms with Crippen molar-refractivity contribution >= 4 is 11.6 Å². The Bertz CT molecular complexity index is 727. The molecule has 1 atom stereocenters. The maximum absolute atomic E-state index is 13.2. The molecule has 4 rings (SSSR count). The quantitative estimate of drug-likeness (QED) is 0.861. The lowest BCUT2D eigenvalue weighted by molar-refractivity contribution is -0.134. The zero-order valence-electron chi connectivity index (χ0n) is 14.8. The van der Waals surface area contributed by atoms with E-state index in [0.29, 0.717) is 0 Å². The summed E-state index contributed by atoms with van der Waals surface area (Å²) in [6.45, 7) is 1.98. The highest BCUT2D eigenvalue weighted by Gasteiger charge is 2.53. The number of piperidine rings is 1. The molecule has 25 heavy (non-hydrogen) atoms. The molecule has 2 aliphatic rings. The molecule has 1 saturated carbocycles. The van der Waals surface area contributed by atoms with Crippen LogP contribution in [0.3, 0.4) is 0 Å². The number of hydrogen-bond acceptors (Lipinski definition) is 3. The van der Waals surface area contributed by atoms with Crippen molar-refractivity contribution in [3.05, 3.63) is 60.4 Å². The first-order valence-corrected chi connectivity index (χ1v) is 9.18. The van der Waals surface area contributed by atoms with Crippen molar-refractivity contribution < 1.29 is 4.79 Å². The molecule has 4 heteroatoms. The van der Waals surface area contributed by atoms with Gasteiger partial charge in [-0.25, -0.2) is 0 Å². The Balaban J connectivity index is 1.49. The first-order chi connectivity index (χ1) is 12.2. The largest absolute Gasteiger partial charge is 0.369 e. The van der Waals surface area contributed by atoms with E-state index in [-0.39, 0.29) is 17.4 Å². The van der Waals surface area contributed by atoms with Crippen molar-refractivity contribution in [1.82, 2.24) is 9.88 Å². The summed E-state index contributed by atoms with van der Waals surface area (Å²) in [7, 11) is 1.98. The summed E-state index contributed by atoms with van der Waals surface area (Å²) in [4.78, 5) is 21.9. The Morgan fingerprint density at radius 2 is 2.00 bits per heavy atom. The number of likely N-dealkylation sites (N-methyl/N-ethyl adjacent to an activating group) is 1. The molecule has 2 fully saturated rings.